The highest BCUT2D eigenvalue weighted by atomic mass is 35.5. The molecule has 182 valence electrons. The highest BCUT2D eigenvalue weighted by molar-refractivity contribution is 7.91. The lowest BCUT2D eigenvalue weighted by Gasteiger charge is -2.12. The minimum atomic E-state index is -3.32. The quantitative estimate of drug-likeness (QED) is 0.176. The number of ether oxygens (including phenoxy) is 1. The molecule has 4 rings (SSSR count). The number of hydrogen-bond acceptors (Lipinski definition) is 6. The molecule has 3 heterocycles. The van der Waals surface area contributed by atoms with Crippen molar-refractivity contribution in [2.75, 3.05) is 12.4 Å². The van der Waals surface area contributed by atoms with Crippen molar-refractivity contribution in [1.29, 1.82) is 0 Å². The lowest BCUT2D eigenvalue weighted by Crippen LogP contribution is -2.05. The number of rotatable bonds is 11. The van der Waals surface area contributed by atoms with Gasteiger partial charge in [-0.15, -0.1) is 10.2 Å². The SMILES string of the molecule is C=C/C=C(/OCCCn1cnnc1)c1[nH]c2ncc(Cl)cc2c1Cc1cccc(S(=O)(=O)CC)c1. The summed E-state index contributed by atoms with van der Waals surface area (Å²) in [6.07, 6.45) is 9.59. The van der Waals surface area contributed by atoms with Crippen LogP contribution in [0.4, 0.5) is 0 Å². The van der Waals surface area contributed by atoms with Crippen molar-refractivity contribution in [2.45, 2.75) is 31.2 Å². The third-order valence-corrected chi connectivity index (χ3v) is 7.48. The van der Waals surface area contributed by atoms with Crippen molar-refractivity contribution in [1.82, 2.24) is 24.7 Å². The van der Waals surface area contributed by atoms with Gasteiger partial charge in [-0.2, -0.15) is 0 Å². The summed E-state index contributed by atoms with van der Waals surface area (Å²) in [6, 6.07) is 8.87. The Morgan fingerprint density at radius 2 is 2.06 bits per heavy atom. The number of allylic oxidation sites excluding steroid dienone is 2. The zero-order valence-electron chi connectivity index (χ0n) is 19.3. The van der Waals surface area contributed by atoms with E-state index >= 15 is 0 Å². The molecule has 35 heavy (non-hydrogen) atoms. The fourth-order valence-electron chi connectivity index (χ4n) is 3.79. The van der Waals surface area contributed by atoms with Crippen molar-refractivity contribution in [3.63, 3.8) is 0 Å². The number of pyridine rings is 1. The van der Waals surface area contributed by atoms with Gasteiger partial charge in [0.05, 0.1) is 28.0 Å². The van der Waals surface area contributed by atoms with Gasteiger partial charge < -0.3 is 14.3 Å². The summed E-state index contributed by atoms with van der Waals surface area (Å²) in [5.41, 5.74) is 3.18. The van der Waals surface area contributed by atoms with Gasteiger partial charge >= 0.3 is 0 Å². The van der Waals surface area contributed by atoms with E-state index < -0.39 is 9.84 Å². The molecule has 10 heteroatoms. The molecule has 0 aliphatic heterocycles. The molecule has 0 unspecified atom stereocenters. The summed E-state index contributed by atoms with van der Waals surface area (Å²) < 4.78 is 32.9. The first-order valence-electron chi connectivity index (χ1n) is 11.2. The van der Waals surface area contributed by atoms with Gasteiger partial charge in [-0.3, -0.25) is 0 Å². The monoisotopic (exact) mass is 511 g/mol. The Morgan fingerprint density at radius 3 is 2.80 bits per heavy atom. The second-order valence-electron chi connectivity index (χ2n) is 7.92. The number of fused-ring (bicyclic) bond motifs is 1. The van der Waals surface area contributed by atoms with Gasteiger partial charge in [0.2, 0.25) is 0 Å². The number of hydrogen-bond donors (Lipinski definition) is 1. The summed E-state index contributed by atoms with van der Waals surface area (Å²) >= 11 is 6.27. The number of aromatic amines is 1. The highest BCUT2D eigenvalue weighted by Crippen LogP contribution is 2.31. The van der Waals surface area contributed by atoms with E-state index in [1.165, 1.54) is 0 Å². The molecule has 4 aromatic rings. The number of sulfone groups is 1. The maximum absolute atomic E-state index is 12.4. The number of aryl methyl sites for hydroxylation is 1. The summed E-state index contributed by atoms with van der Waals surface area (Å²) in [7, 11) is -3.32. The molecule has 3 aromatic heterocycles. The second-order valence-corrected chi connectivity index (χ2v) is 10.6. The molecule has 0 spiro atoms. The number of H-pyrrole nitrogens is 1. The Morgan fingerprint density at radius 1 is 1.26 bits per heavy atom. The molecule has 0 amide bonds. The maximum atomic E-state index is 12.4. The molecule has 0 aliphatic carbocycles. The zero-order chi connectivity index (χ0) is 24.8. The second kappa shape index (κ2) is 10.9. The van der Waals surface area contributed by atoms with Crippen LogP contribution in [-0.4, -0.2) is 45.5 Å². The van der Waals surface area contributed by atoms with Crippen LogP contribution in [0.5, 0.6) is 0 Å². The smallest absolute Gasteiger partial charge is 0.178 e. The van der Waals surface area contributed by atoms with Gasteiger partial charge in [-0.25, -0.2) is 13.4 Å². The molecule has 8 nitrogen and oxygen atoms in total. The van der Waals surface area contributed by atoms with E-state index in [1.807, 2.05) is 16.7 Å². The minimum Gasteiger partial charge on any atom is -0.491 e. The number of nitrogens with one attached hydrogen (secondary N) is 1. The van der Waals surface area contributed by atoms with Crippen LogP contribution in [0.1, 0.15) is 30.2 Å². The minimum absolute atomic E-state index is 0.0452. The van der Waals surface area contributed by atoms with E-state index in [4.69, 9.17) is 16.3 Å². The molecule has 0 bridgehead atoms. The highest BCUT2D eigenvalue weighted by Gasteiger charge is 2.19. The topological polar surface area (TPSA) is 103 Å². The van der Waals surface area contributed by atoms with Gasteiger partial charge in [0.25, 0.3) is 0 Å². The van der Waals surface area contributed by atoms with Crippen LogP contribution in [0.15, 0.2) is 72.8 Å². The van der Waals surface area contributed by atoms with E-state index in [2.05, 4.69) is 26.7 Å². The third-order valence-electron chi connectivity index (χ3n) is 5.54. The molecule has 1 N–H and O–H groups in total. The predicted molar refractivity (Wildman–Crippen MR) is 137 cm³/mol. The van der Waals surface area contributed by atoms with Gasteiger partial charge in [-0.1, -0.05) is 43.3 Å². The standard InChI is InChI=1S/C25H26ClN5O3S/c1-3-7-23(34-11-6-10-31-16-28-29-17-31)24-21(22-14-19(26)15-27-25(22)30-24)13-18-8-5-9-20(12-18)35(32,33)4-2/h3,5,7-9,12,14-17H,1,4,6,10-11,13H2,2H3,(H,27,30)/b23-7+. The number of halogens is 1. The van der Waals surface area contributed by atoms with Crippen LogP contribution in [0, 0.1) is 0 Å². The first-order chi connectivity index (χ1) is 16.9. The van der Waals surface area contributed by atoms with E-state index in [1.54, 1.807) is 56.1 Å². The summed E-state index contributed by atoms with van der Waals surface area (Å²) in [4.78, 5) is 8.10. The summed E-state index contributed by atoms with van der Waals surface area (Å²) in [5.74, 6) is 0.661. The fourth-order valence-corrected chi connectivity index (χ4v) is 4.90. The predicted octanol–water partition coefficient (Wildman–Crippen LogP) is 4.83. The molecule has 0 aliphatic rings. The van der Waals surface area contributed by atoms with Crippen LogP contribution in [0.25, 0.3) is 16.8 Å². The molecule has 0 radical (unpaired) electrons. The first-order valence-corrected chi connectivity index (χ1v) is 13.2. The van der Waals surface area contributed by atoms with E-state index in [9.17, 15) is 8.42 Å². The Hall–Kier alpha value is -3.43. The molecule has 1 aromatic carbocycles. The Bertz CT molecular complexity index is 1460. The van der Waals surface area contributed by atoms with Gasteiger partial charge in [0, 0.05) is 24.5 Å². The number of nitrogens with zero attached hydrogens (tertiary/aromatic N) is 4. The number of aromatic nitrogens is 5. The molecular formula is C25H26ClN5O3S. The average Bonchev–Trinajstić information content (AvgIpc) is 3.49. The van der Waals surface area contributed by atoms with Crippen LogP contribution < -0.4 is 0 Å². The van der Waals surface area contributed by atoms with Gasteiger partial charge in [0.15, 0.2) is 9.84 Å². The number of benzene rings is 1. The van der Waals surface area contributed by atoms with Gasteiger partial charge in [0.1, 0.15) is 24.1 Å². The van der Waals surface area contributed by atoms with Crippen molar-refractivity contribution < 1.29 is 13.2 Å². The normalized spacial score (nSPS) is 12.2. The largest absolute Gasteiger partial charge is 0.491 e. The lowest BCUT2D eigenvalue weighted by atomic mass is 10.0. The zero-order valence-corrected chi connectivity index (χ0v) is 20.9. The van der Waals surface area contributed by atoms with Crippen molar-refractivity contribution >= 4 is 38.2 Å². The van der Waals surface area contributed by atoms with Crippen molar-refractivity contribution in [2.24, 2.45) is 0 Å². The Labute approximate surface area is 209 Å². The molecule has 0 saturated heterocycles. The summed E-state index contributed by atoms with van der Waals surface area (Å²) in [5, 5.41) is 8.98. The lowest BCUT2D eigenvalue weighted by molar-refractivity contribution is 0.263. The maximum Gasteiger partial charge on any atom is 0.178 e. The van der Waals surface area contributed by atoms with Crippen molar-refractivity contribution in [3.8, 4) is 0 Å². The van der Waals surface area contributed by atoms with Crippen LogP contribution >= 0.6 is 11.6 Å². The molecule has 0 fully saturated rings. The van der Waals surface area contributed by atoms with Crippen molar-refractivity contribution in [3.05, 3.63) is 89.8 Å². The summed E-state index contributed by atoms with van der Waals surface area (Å²) in [6.45, 7) is 6.66. The fraction of sp³-hybridized carbons (Fsp3) is 0.240. The van der Waals surface area contributed by atoms with Crippen LogP contribution in [-0.2, 0) is 27.5 Å². The molecular weight excluding hydrogens is 486 g/mol. The first kappa shape index (κ1) is 24.7. The van der Waals surface area contributed by atoms with Gasteiger partial charge in [-0.05, 0) is 41.8 Å². The third kappa shape index (κ3) is 5.80. The Balaban J connectivity index is 1.67. The van der Waals surface area contributed by atoms with E-state index in [-0.39, 0.29) is 5.75 Å². The Kier molecular flexibility index (Phi) is 7.67. The van der Waals surface area contributed by atoms with E-state index in [0.717, 1.165) is 35.2 Å². The van der Waals surface area contributed by atoms with Crippen LogP contribution in [0.2, 0.25) is 5.02 Å². The molecule has 0 saturated carbocycles. The van der Waals surface area contributed by atoms with E-state index in [0.29, 0.717) is 34.4 Å². The average molecular weight is 512 g/mol. The molecule has 0 atom stereocenters. The van der Waals surface area contributed by atoms with Crippen LogP contribution in [0.3, 0.4) is 0 Å².